The second kappa shape index (κ2) is 3.93. The van der Waals surface area contributed by atoms with Crippen LogP contribution in [0.25, 0.3) is 0 Å². The highest BCUT2D eigenvalue weighted by molar-refractivity contribution is 5.89. The van der Waals surface area contributed by atoms with Gasteiger partial charge in [0.05, 0.1) is 11.7 Å². The number of carbonyl (C=O) groups is 1. The lowest BCUT2D eigenvalue weighted by Crippen LogP contribution is -2.05. The van der Waals surface area contributed by atoms with Gasteiger partial charge in [0.15, 0.2) is 0 Å². The van der Waals surface area contributed by atoms with Crippen molar-refractivity contribution in [1.82, 2.24) is 0 Å². The number of phenolic OH excluding ortho intramolecular Hbond substituents is 1. The molecule has 0 aliphatic heterocycles. The maximum atomic E-state index is 10.7. The van der Waals surface area contributed by atoms with Crippen molar-refractivity contribution in [2.24, 2.45) is 0 Å². The summed E-state index contributed by atoms with van der Waals surface area (Å²) >= 11 is 0. The zero-order valence-corrected chi connectivity index (χ0v) is 7.34. The number of carboxylic acid groups (broad SMARTS) is 1. The van der Waals surface area contributed by atoms with Crippen LogP contribution in [0.1, 0.15) is 22.0 Å². The van der Waals surface area contributed by atoms with Crippen LogP contribution in [0.15, 0.2) is 30.9 Å². The minimum atomic E-state index is -1.15. The molecule has 0 radical (unpaired) electrons. The van der Waals surface area contributed by atoms with Gasteiger partial charge < -0.3 is 15.3 Å². The number of carboxylic acids is 1. The van der Waals surface area contributed by atoms with Gasteiger partial charge in [0, 0.05) is 5.56 Å². The topological polar surface area (TPSA) is 77.8 Å². The molecule has 74 valence electrons. The van der Waals surface area contributed by atoms with Gasteiger partial charge in [-0.2, -0.15) is 0 Å². The van der Waals surface area contributed by atoms with Gasteiger partial charge in [0.1, 0.15) is 5.75 Å². The average molecular weight is 194 g/mol. The first kappa shape index (κ1) is 10.3. The molecule has 0 bridgehead atoms. The van der Waals surface area contributed by atoms with E-state index < -0.39 is 12.1 Å². The first-order valence-electron chi connectivity index (χ1n) is 3.93. The second-order valence-electron chi connectivity index (χ2n) is 2.76. The summed E-state index contributed by atoms with van der Waals surface area (Å²) in [5, 5.41) is 27.3. The van der Waals surface area contributed by atoms with Gasteiger partial charge in [-0.1, -0.05) is 6.08 Å². The third-order valence-electron chi connectivity index (χ3n) is 1.81. The zero-order chi connectivity index (χ0) is 10.7. The Morgan fingerprint density at radius 2 is 2.14 bits per heavy atom. The van der Waals surface area contributed by atoms with E-state index in [9.17, 15) is 9.90 Å². The lowest BCUT2D eigenvalue weighted by Gasteiger charge is -2.09. The first-order valence-corrected chi connectivity index (χ1v) is 3.93. The van der Waals surface area contributed by atoms with E-state index in [0.717, 1.165) is 0 Å². The minimum absolute atomic E-state index is 0.0461. The van der Waals surface area contributed by atoms with Crippen molar-refractivity contribution in [3.63, 3.8) is 0 Å². The number of aromatic hydroxyl groups is 1. The van der Waals surface area contributed by atoms with Crippen LogP contribution in [0.5, 0.6) is 5.75 Å². The highest BCUT2D eigenvalue weighted by Gasteiger charge is 2.15. The SMILES string of the molecule is C=CC(O)c1cc(O)ccc1C(=O)O. The molecular formula is C10H10O4. The molecule has 1 aromatic rings. The van der Waals surface area contributed by atoms with Gasteiger partial charge in [-0.05, 0) is 18.2 Å². The van der Waals surface area contributed by atoms with Crippen molar-refractivity contribution in [1.29, 1.82) is 0 Å². The van der Waals surface area contributed by atoms with Crippen LogP contribution in [-0.2, 0) is 0 Å². The second-order valence-corrected chi connectivity index (χ2v) is 2.76. The van der Waals surface area contributed by atoms with Crippen molar-refractivity contribution in [2.45, 2.75) is 6.10 Å². The fourth-order valence-electron chi connectivity index (χ4n) is 1.12. The first-order chi connectivity index (χ1) is 6.56. The van der Waals surface area contributed by atoms with Crippen LogP contribution in [-0.4, -0.2) is 21.3 Å². The number of benzene rings is 1. The smallest absolute Gasteiger partial charge is 0.336 e. The summed E-state index contributed by atoms with van der Waals surface area (Å²) in [6, 6.07) is 3.69. The van der Waals surface area contributed by atoms with Crippen LogP contribution in [0.4, 0.5) is 0 Å². The molecule has 4 heteroatoms. The van der Waals surface area contributed by atoms with Gasteiger partial charge in [-0.25, -0.2) is 4.79 Å². The fraction of sp³-hybridized carbons (Fsp3) is 0.100. The molecule has 3 N–H and O–H groups in total. The Kier molecular flexibility index (Phi) is 2.89. The summed E-state index contributed by atoms with van der Waals surface area (Å²) in [6.07, 6.45) is 0.106. The number of hydrogen-bond donors (Lipinski definition) is 3. The molecule has 1 aromatic carbocycles. The van der Waals surface area contributed by atoms with Crippen molar-refractivity contribution in [3.05, 3.63) is 42.0 Å². The molecule has 4 nitrogen and oxygen atoms in total. The third-order valence-corrected chi connectivity index (χ3v) is 1.81. The van der Waals surface area contributed by atoms with Crippen LogP contribution in [0, 0.1) is 0 Å². The molecule has 0 heterocycles. The summed E-state index contributed by atoms with van der Waals surface area (Å²) in [5.74, 6) is -1.24. The van der Waals surface area contributed by atoms with E-state index in [1.165, 1.54) is 24.3 Å². The van der Waals surface area contributed by atoms with E-state index in [2.05, 4.69) is 6.58 Å². The van der Waals surface area contributed by atoms with Crippen LogP contribution >= 0.6 is 0 Å². The summed E-state index contributed by atoms with van der Waals surface area (Å²) in [5.41, 5.74) is 0.0858. The molecule has 1 atom stereocenters. The molecule has 0 spiro atoms. The molecule has 0 aliphatic carbocycles. The van der Waals surface area contributed by atoms with E-state index in [0.29, 0.717) is 0 Å². The van der Waals surface area contributed by atoms with Gasteiger partial charge in [-0.15, -0.1) is 6.58 Å². The van der Waals surface area contributed by atoms with Crippen LogP contribution < -0.4 is 0 Å². The standard InChI is InChI=1S/C10H10O4/c1-2-9(12)8-5-6(11)3-4-7(8)10(13)14/h2-5,9,11-12H,1H2,(H,13,14). The van der Waals surface area contributed by atoms with Crippen molar-refractivity contribution < 1.29 is 20.1 Å². The highest BCUT2D eigenvalue weighted by atomic mass is 16.4. The molecule has 0 saturated carbocycles. The summed E-state index contributed by atoms with van der Waals surface area (Å²) in [4.78, 5) is 10.7. The molecule has 0 aliphatic rings. The Hall–Kier alpha value is -1.81. The molecule has 0 fully saturated rings. The molecule has 1 rings (SSSR count). The Balaban J connectivity index is 3.29. The van der Waals surface area contributed by atoms with Crippen molar-refractivity contribution in [2.75, 3.05) is 0 Å². The predicted molar refractivity (Wildman–Crippen MR) is 50.2 cm³/mol. The lowest BCUT2D eigenvalue weighted by molar-refractivity contribution is 0.0691. The van der Waals surface area contributed by atoms with E-state index in [1.807, 2.05) is 0 Å². The molecule has 1 unspecified atom stereocenters. The quantitative estimate of drug-likeness (QED) is 0.634. The van der Waals surface area contributed by atoms with Gasteiger partial charge in [0.2, 0.25) is 0 Å². The van der Waals surface area contributed by atoms with E-state index in [-0.39, 0.29) is 16.9 Å². The Morgan fingerprint density at radius 1 is 1.50 bits per heavy atom. The predicted octanol–water partition coefficient (Wildman–Crippen LogP) is 1.31. The minimum Gasteiger partial charge on any atom is -0.508 e. The largest absolute Gasteiger partial charge is 0.508 e. The number of aromatic carboxylic acids is 1. The fourth-order valence-corrected chi connectivity index (χ4v) is 1.12. The van der Waals surface area contributed by atoms with E-state index >= 15 is 0 Å². The van der Waals surface area contributed by atoms with Crippen LogP contribution in [0.2, 0.25) is 0 Å². The highest BCUT2D eigenvalue weighted by Crippen LogP contribution is 2.23. The Bertz CT molecular complexity index is 370. The van der Waals surface area contributed by atoms with Crippen LogP contribution in [0.3, 0.4) is 0 Å². The molecular weight excluding hydrogens is 184 g/mol. The molecule has 0 saturated heterocycles. The van der Waals surface area contributed by atoms with Crippen molar-refractivity contribution in [3.8, 4) is 5.75 Å². The average Bonchev–Trinajstić information content (AvgIpc) is 2.16. The van der Waals surface area contributed by atoms with Crippen molar-refractivity contribution >= 4 is 5.97 Å². The number of aliphatic hydroxyl groups excluding tert-OH is 1. The Labute approximate surface area is 80.7 Å². The third kappa shape index (κ3) is 1.92. The number of aliphatic hydroxyl groups is 1. The summed E-state index contributed by atoms with van der Waals surface area (Å²) in [6.45, 7) is 3.34. The normalized spacial score (nSPS) is 12.1. The van der Waals surface area contributed by atoms with E-state index in [4.69, 9.17) is 10.2 Å². The molecule has 0 aromatic heterocycles. The Morgan fingerprint density at radius 3 is 2.64 bits per heavy atom. The number of rotatable bonds is 3. The molecule has 14 heavy (non-hydrogen) atoms. The van der Waals surface area contributed by atoms with Gasteiger partial charge in [0.25, 0.3) is 0 Å². The maximum Gasteiger partial charge on any atom is 0.336 e. The molecule has 0 amide bonds. The van der Waals surface area contributed by atoms with E-state index in [1.54, 1.807) is 0 Å². The van der Waals surface area contributed by atoms with Gasteiger partial charge in [-0.3, -0.25) is 0 Å². The van der Waals surface area contributed by atoms with Gasteiger partial charge >= 0.3 is 5.97 Å². The summed E-state index contributed by atoms with van der Waals surface area (Å²) in [7, 11) is 0. The number of hydrogen-bond acceptors (Lipinski definition) is 3. The monoisotopic (exact) mass is 194 g/mol. The zero-order valence-electron chi connectivity index (χ0n) is 7.34. The summed E-state index contributed by atoms with van der Waals surface area (Å²) < 4.78 is 0. The maximum absolute atomic E-state index is 10.7. The lowest BCUT2D eigenvalue weighted by atomic mass is 10.0. The number of phenols is 1.